The van der Waals surface area contributed by atoms with Crippen molar-refractivity contribution < 1.29 is 9.50 Å². The van der Waals surface area contributed by atoms with Crippen molar-refractivity contribution in [2.75, 3.05) is 0 Å². The maximum absolute atomic E-state index is 13.4. The predicted molar refractivity (Wildman–Crippen MR) is 79.6 cm³/mol. The molecule has 2 aromatic carbocycles. The number of benzene rings is 2. The van der Waals surface area contributed by atoms with E-state index in [1.54, 1.807) is 12.1 Å². The van der Waals surface area contributed by atoms with Gasteiger partial charge in [-0.3, -0.25) is 0 Å². The number of phenolic OH excluding ortho intramolecular Hbond substituents is 1. The predicted octanol–water partition coefficient (Wildman–Crippen LogP) is 4.60. The van der Waals surface area contributed by atoms with Gasteiger partial charge in [0, 0.05) is 16.6 Å². The Labute approximate surface area is 116 Å². The first-order valence-electron chi connectivity index (χ1n) is 6.56. The van der Waals surface area contributed by atoms with Crippen LogP contribution in [-0.2, 0) is 0 Å². The SMILES string of the molecule is Cc1cc(-c2[nH]c3ccc(F)cc3c2C)cc(C)c1O. The first-order valence-corrected chi connectivity index (χ1v) is 6.56. The Hall–Kier alpha value is -2.29. The summed E-state index contributed by atoms with van der Waals surface area (Å²) in [5.74, 6) is 0.0952. The zero-order valence-corrected chi connectivity index (χ0v) is 11.7. The van der Waals surface area contributed by atoms with Crippen molar-refractivity contribution in [3.8, 4) is 17.0 Å². The topological polar surface area (TPSA) is 36.0 Å². The van der Waals surface area contributed by atoms with E-state index in [4.69, 9.17) is 0 Å². The number of aromatic hydroxyl groups is 1. The van der Waals surface area contributed by atoms with E-state index in [9.17, 15) is 9.50 Å². The molecular formula is C17H16FNO. The lowest BCUT2D eigenvalue weighted by atomic mass is 10.0. The third-order valence-corrected chi connectivity index (χ3v) is 3.80. The van der Waals surface area contributed by atoms with Crippen molar-refractivity contribution in [2.45, 2.75) is 20.8 Å². The van der Waals surface area contributed by atoms with Gasteiger partial charge in [-0.1, -0.05) is 0 Å². The summed E-state index contributed by atoms with van der Waals surface area (Å²) in [7, 11) is 0. The Balaban J connectivity index is 2.27. The van der Waals surface area contributed by atoms with Crippen LogP contribution in [0.15, 0.2) is 30.3 Å². The number of hydrogen-bond acceptors (Lipinski definition) is 1. The van der Waals surface area contributed by atoms with E-state index in [0.29, 0.717) is 5.75 Å². The minimum absolute atomic E-state index is 0.232. The lowest BCUT2D eigenvalue weighted by Crippen LogP contribution is -1.86. The maximum Gasteiger partial charge on any atom is 0.123 e. The molecular weight excluding hydrogens is 253 g/mol. The smallest absolute Gasteiger partial charge is 0.123 e. The zero-order valence-electron chi connectivity index (χ0n) is 11.7. The summed E-state index contributed by atoms with van der Waals surface area (Å²) in [6, 6.07) is 8.63. The van der Waals surface area contributed by atoms with Crippen molar-refractivity contribution in [3.05, 3.63) is 52.8 Å². The summed E-state index contributed by atoms with van der Waals surface area (Å²) >= 11 is 0. The molecule has 0 aliphatic heterocycles. The summed E-state index contributed by atoms with van der Waals surface area (Å²) < 4.78 is 13.4. The number of aromatic nitrogens is 1. The van der Waals surface area contributed by atoms with Crippen LogP contribution in [0.1, 0.15) is 16.7 Å². The molecule has 1 aromatic heterocycles. The fraction of sp³-hybridized carbons (Fsp3) is 0.176. The minimum atomic E-state index is -0.232. The number of halogens is 1. The summed E-state index contributed by atoms with van der Waals surface area (Å²) in [6.45, 7) is 5.73. The van der Waals surface area contributed by atoms with Crippen LogP contribution in [0.3, 0.4) is 0 Å². The summed E-state index contributed by atoms with van der Waals surface area (Å²) in [5.41, 5.74) is 5.59. The Morgan fingerprint density at radius 1 is 1.00 bits per heavy atom. The molecule has 0 spiro atoms. The quantitative estimate of drug-likeness (QED) is 0.665. The Morgan fingerprint density at radius 3 is 2.30 bits per heavy atom. The van der Waals surface area contributed by atoms with Crippen LogP contribution in [0.2, 0.25) is 0 Å². The Morgan fingerprint density at radius 2 is 1.65 bits per heavy atom. The van der Waals surface area contributed by atoms with Gasteiger partial charge >= 0.3 is 0 Å². The van der Waals surface area contributed by atoms with Crippen LogP contribution >= 0.6 is 0 Å². The first-order chi connectivity index (χ1) is 9.47. The zero-order chi connectivity index (χ0) is 14.4. The van der Waals surface area contributed by atoms with Crippen molar-refractivity contribution in [2.24, 2.45) is 0 Å². The molecule has 1 heterocycles. The Bertz CT molecular complexity index is 794. The monoisotopic (exact) mass is 269 g/mol. The highest BCUT2D eigenvalue weighted by Crippen LogP contribution is 2.33. The molecule has 0 aliphatic carbocycles. The average molecular weight is 269 g/mol. The highest BCUT2D eigenvalue weighted by molar-refractivity contribution is 5.90. The van der Waals surface area contributed by atoms with Crippen molar-refractivity contribution in [1.82, 2.24) is 4.98 Å². The van der Waals surface area contributed by atoms with E-state index >= 15 is 0 Å². The number of H-pyrrole nitrogens is 1. The maximum atomic E-state index is 13.4. The van der Waals surface area contributed by atoms with E-state index in [1.165, 1.54) is 6.07 Å². The molecule has 0 aliphatic rings. The van der Waals surface area contributed by atoms with Gasteiger partial charge < -0.3 is 10.1 Å². The third kappa shape index (κ3) is 1.86. The van der Waals surface area contributed by atoms with E-state index < -0.39 is 0 Å². The van der Waals surface area contributed by atoms with Crippen LogP contribution in [0.5, 0.6) is 5.75 Å². The van der Waals surface area contributed by atoms with E-state index in [2.05, 4.69) is 4.98 Å². The summed E-state index contributed by atoms with van der Waals surface area (Å²) in [5, 5.41) is 10.8. The number of nitrogens with one attached hydrogen (secondary N) is 1. The largest absolute Gasteiger partial charge is 0.507 e. The second-order valence-corrected chi connectivity index (χ2v) is 5.27. The minimum Gasteiger partial charge on any atom is -0.507 e. The molecule has 0 bridgehead atoms. The molecule has 2 nitrogen and oxygen atoms in total. The number of hydrogen-bond donors (Lipinski definition) is 2. The first kappa shape index (κ1) is 12.7. The van der Waals surface area contributed by atoms with Gasteiger partial charge in [-0.25, -0.2) is 4.39 Å². The number of aryl methyl sites for hydroxylation is 3. The van der Waals surface area contributed by atoms with Crippen LogP contribution in [0.25, 0.3) is 22.2 Å². The van der Waals surface area contributed by atoms with Gasteiger partial charge in [0.1, 0.15) is 11.6 Å². The number of phenols is 1. The van der Waals surface area contributed by atoms with E-state index in [0.717, 1.165) is 38.9 Å². The van der Waals surface area contributed by atoms with Crippen molar-refractivity contribution >= 4 is 10.9 Å². The molecule has 3 rings (SSSR count). The summed E-state index contributed by atoms with van der Waals surface area (Å²) in [4.78, 5) is 3.33. The highest BCUT2D eigenvalue weighted by atomic mass is 19.1. The van der Waals surface area contributed by atoms with Crippen LogP contribution < -0.4 is 0 Å². The molecule has 3 aromatic rings. The van der Waals surface area contributed by atoms with Gasteiger partial charge in [-0.05, 0) is 73.4 Å². The van der Waals surface area contributed by atoms with E-state index in [1.807, 2.05) is 32.9 Å². The number of rotatable bonds is 1. The normalized spacial score (nSPS) is 11.2. The van der Waals surface area contributed by atoms with Crippen LogP contribution in [0.4, 0.5) is 4.39 Å². The van der Waals surface area contributed by atoms with Gasteiger partial charge in [-0.15, -0.1) is 0 Å². The number of fused-ring (bicyclic) bond motifs is 1. The van der Waals surface area contributed by atoms with Crippen molar-refractivity contribution in [3.63, 3.8) is 0 Å². The molecule has 0 atom stereocenters. The fourth-order valence-corrected chi connectivity index (χ4v) is 2.69. The van der Waals surface area contributed by atoms with Gasteiger partial charge in [-0.2, -0.15) is 0 Å². The third-order valence-electron chi connectivity index (χ3n) is 3.80. The molecule has 102 valence electrons. The molecule has 20 heavy (non-hydrogen) atoms. The molecule has 0 unspecified atom stereocenters. The molecule has 0 radical (unpaired) electrons. The van der Waals surface area contributed by atoms with Crippen molar-refractivity contribution in [1.29, 1.82) is 0 Å². The Kier molecular flexibility index (Phi) is 2.78. The van der Waals surface area contributed by atoms with Crippen LogP contribution in [-0.4, -0.2) is 10.1 Å². The fourth-order valence-electron chi connectivity index (χ4n) is 2.69. The number of aromatic amines is 1. The second kappa shape index (κ2) is 4.37. The molecule has 0 amide bonds. The van der Waals surface area contributed by atoms with Crippen LogP contribution in [0, 0.1) is 26.6 Å². The van der Waals surface area contributed by atoms with E-state index in [-0.39, 0.29) is 5.82 Å². The molecule has 3 heteroatoms. The van der Waals surface area contributed by atoms with Gasteiger partial charge in [0.2, 0.25) is 0 Å². The molecule has 2 N–H and O–H groups in total. The lowest BCUT2D eigenvalue weighted by molar-refractivity contribution is 0.467. The molecule has 0 saturated carbocycles. The highest BCUT2D eigenvalue weighted by Gasteiger charge is 2.12. The van der Waals surface area contributed by atoms with Gasteiger partial charge in [0.05, 0.1) is 0 Å². The van der Waals surface area contributed by atoms with Gasteiger partial charge in [0.15, 0.2) is 0 Å². The molecule has 0 fully saturated rings. The molecule has 0 saturated heterocycles. The second-order valence-electron chi connectivity index (χ2n) is 5.27. The lowest BCUT2D eigenvalue weighted by Gasteiger charge is -2.07. The summed E-state index contributed by atoms with van der Waals surface area (Å²) in [6.07, 6.45) is 0. The standard InChI is InChI=1S/C17H16FNO/c1-9-6-12(7-10(2)17(9)20)16-11(3)14-8-13(18)4-5-15(14)19-16/h4-8,19-20H,1-3H3. The van der Waals surface area contributed by atoms with Gasteiger partial charge in [0.25, 0.3) is 0 Å². The average Bonchev–Trinajstić information content (AvgIpc) is 2.73.